The number of nitrogens with one attached hydrogen (secondary N) is 1. The Morgan fingerprint density at radius 2 is 2.11 bits per heavy atom. The van der Waals surface area contributed by atoms with Gasteiger partial charge in [-0.15, -0.1) is 0 Å². The maximum atomic E-state index is 11.8. The van der Waals surface area contributed by atoms with Crippen LogP contribution in [0.2, 0.25) is 0 Å². The van der Waals surface area contributed by atoms with Crippen molar-refractivity contribution in [2.75, 3.05) is 39.4 Å². The summed E-state index contributed by atoms with van der Waals surface area (Å²) >= 11 is 0. The van der Waals surface area contributed by atoms with Gasteiger partial charge in [-0.3, -0.25) is 9.69 Å². The maximum Gasteiger partial charge on any atom is 0.234 e. The molecule has 5 nitrogen and oxygen atoms in total. The number of aliphatic hydroxyl groups is 1. The zero-order chi connectivity index (χ0) is 12.8. The van der Waals surface area contributed by atoms with Crippen molar-refractivity contribution in [2.24, 2.45) is 5.92 Å². The van der Waals surface area contributed by atoms with E-state index in [1.807, 2.05) is 0 Å². The number of hydrogen-bond acceptors (Lipinski definition) is 4. The van der Waals surface area contributed by atoms with E-state index in [9.17, 15) is 9.90 Å². The highest BCUT2D eigenvalue weighted by Gasteiger charge is 2.21. The van der Waals surface area contributed by atoms with Gasteiger partial charge in [-0.25, -0.2) is 0 Å². The van der Waals surface area contributed by atoms with Crippen LogP contribution in [0.5, 0.6) is 0 Å². The average molecular weight is 256 g/mol. The van der Waals surface area contributed by atoms with E-state index >= 15 is 0 Å². The Kier molecular flexibility index (Phi) is 5.41. The van der Waals surface area contributed by atoms with Gasteiger partial charge in [0.25, 0.3) is 0 Å². The predicted octanol–water partition coefficient (Wildman–Crippen LogP) is -0.0141. The van der Waals surface area contributed by atoms with Crippen molar-refractivity contribution in [1.29, 1.82) is 0 Å². The number of nitrogens with zero attached hydrogens (tertiary/aromatic N) is 1. The second kappa shape index (κ2) is 7.07. The summed E-state index contributed by atoms with van der Waals surface area (Å²) in [6.07, 6.45) is 3.77. The summed E-state index contributed by atoms with van der Waals surface area (Å²) in [5.41, 5.74) is 0. The van der Waals surface area contributed by atoms with Crippen LogP contribution in [-0.4, -0.2) is 61.4 Å². The lowest BCUT2D eigenvalue weighted by atomic mass is 9.87. The Balaban J connectivity index is 1.61. The fourth-order valence-electron chi connectivity index (χ4n) is 2.72. The van der Waals surface area contributed by atoms with Gasteiger partial charge in [-0.1, -0.05) is 6.42 Å². The van der Waals surface area contributed by atoms with Gasteiger partial charge >= 0.3 is 0 Å². The van der Waals surface area contributed by atoms with Crippen LogP contribution in [0.25, 0.3) is 0 Å². The molecular weight excluding hydrogens is 232 g/mol. The lowest BCUT2D eigenvalue weighted by Gasteiger charge is -2.28. The molecule has 1 aliphatic carbocycles. The Labute approximate surface area is 108 Å². The Morgan fingerprint density at radius 3 is 2.83 bits per heavy atom. The number of hydrogen-bond donors (Lipinski definition) is 2. The van der Waals surface area contributed by atoms with Gasteiger partial charge in [0.1, 0.15) is 0 Å². The van der Waals surface area contributed by atoms with Gasteiger partial charge in [-0.05, 0) is 25.2 Å². The molecule has 104 valence electrons. The van der Waals surface area contributed by atoms with Gasteiger partial charge < -0.3 is 15.2 Å². The summed E-state index contributed by atoms with van der Waals surface area (Å²) in [6, 6.07) is 0. The molecule has 18 heavy (non-hydrogen) atoms. The summed E-state index contributed by atoms with van der Waals surface area (Å²) in [4.78, 5) is 13.9. The summed E-state index contributed by atoms with van der Waals surface area (Å²) < 4.78 is 5.25. The lowest BCUT2D eigenvalue weighted by molar-refractivity contribution is -0.123. The molecule has 5 heteroatoms. The molecule has 1 aliphatic heterocycles. The molecule has 1 saturated carbocycles. The van der Waals surface area contributed by atoms with Crippen LogP contribution >= 0.6 is 0 Å². The molecule has 0 bridgehead atoms. The van der Waals surface area contributed by atoms with Crippen molar-refractivity contribution in [3.8, 4) is 0 Å². The van der Waals surface area contributed by atoms with E-state index in [-0.39, 0.29) is 12.0 Å². The molecule has 1 amide bonds. The number of ether oxygens (including phenoxy) is 1. The van der Waals surface area contributed by atoms with Crippen molar-refractivity contribution < 1.29 is 14.6 Å². The van der Waals surface area contributed by atoms with Crippen LogP contribution in [0.4, 0.5) is 0 Å². The predicted molar refractivity (Wildman–Crippen MR) is 68.2 cm³/mol. The van der Waals surface area contributed by atoms with E-state index in [1.54, 1.807) is 0 Å². The third-order valence-electron chi connectivity index (χ3n) is 3.81. The van der Waals surface area contributed by atoms with Crippen LogP contribution < -0.4 is 5.32 Å². The second-order valence-corrected chi connectivity index (χ2v) is 5.38. The third-order valence-corrected chi connectivity index (χ3v) is 3.81. The first-order valence-corrected chi connectivity index (χ1v) is 6.99. The first-order valence-electron chi connectivity index (χ1n) is 6.99. The Bertz CT molecular complexity index is 267. The first-order chi connectivity index (χ1) is 8.74. The van der Waals surface area contributed by atoms with E-state index in [1.165, 1.54) is 0 Å². The fraction of sp³-hybridized carbons (Fsp3) is 0.923. The van der Waals surface area contributed by atoms with Crippen LogP contribution in [0, 0.1) is 5.92 Å². The van der Waals surface area contributed by atoms with Gasteiger partial charge in [0.05, 0.1) is 25.9 Å². The van der Waals surface area contributed by atoms with Crippen molar-refractivity contribution >= 4 is 5.91 Å². The van der Waals surface area contributed by atoms with Gasteiger partial charge in [0.15, 0.2) is 0 Å². The smallest absolute Gasteiger partial charge is 0.234 e. The zero-order valence-electron chi connectivity index (χ0n) is 10.9. The molecule has 0 radical (unpaired) electrons. The van der Waals surface area contributed by atoms with E-state index in [4.69, 9.17) is 4.74 Å². The van der Waals surface area contributed by atoms with Crippen LogP contribution in [-0.2, 0) is 9.53 Å². The number of aliphatic hydroxyl groups excluding tert-OH is 1. The molecule has 1 saturated heterocycles. The van der Waals surface area contributed by atoms with Crippen LogP contribution in [0.15, 0.2) is 0 Å². The number of rotatable bonds is 4. The van der Waals surface area contributed by atoms with E-state index < -0.39 is 0 Å². The topological polar surface area (TPSA) is 61.8 Å². The summed E-state index contributed by atoms with van der Waals surface area (Å²) in [5.74, 6) is 0.541. The lowest BCUT2D eigenvalue weighted by Crippen LogP contribution is -2.44. The molecule has 2 atom stereocenters. The molecule has 0 aromatic heterocycles. The van der Waals surface area contributed by atoms with Gasteiger partial charge in [0.2, 0.25) is 5.91 Å². The van der Waals surface area contributed by atoms with E-state index in [2.05, 4.69) is 10.2 Å². The maximum absolute atomic E-state index is 11.8. The summed E-state index contributed by atoms with van der Waals surface area (Å²) in [6.45, 7) is 4.31. The van der Waals surface area contributed by atoms with Crippen molar-refractivity contribution in [1.82, 2.24) is 10.2 Å². The summed E-state index contributed by atoms with van der Waals surface area (Å²) in [7, 11) is 0. The monoisotopic (exact) mass is 256 g/mol. The molecule has 0 spiro atoms. The zero-order valence-corrected chi connectivity index (χ0v) is 10.9. The molecular formula is C13H24N2O3. The van der Waals surface area contributed by atoms with Crippen LogP contribution in [0.1, 0.15) is 25.7 Å². The quantitative estimate of drug-likeness (QED) is 0.742. The third kappa shape index (κ3) is 4.55. The van der Waals surface area contributed by atoms with Gasteiger partial charge in [-0.2, -0.15) is 0 Å². The number of morpholine rings is 1. The van der Waals surface area contributed by atoms with Crippen molar-refractivity contribution in [3.05, 3.63) is 0 Å². The number of carbonyl (C=O) groups is 1. The minimum absolute atomic E-state index is 0.0944. The molecule has 2 aliphatic rings. The van der Waals surface area contributed by atoms with Crippen LogP contribution in [0.3, 0.4) is 0 Å². The van der Waals surface area contributed by atoms with Crippen molar-refractivity contribution in [3.63, 3.8) is 0 Å². The largest absolute Gasteiger partial charge is 0.393 e. The van der Waals surface area contributed by atoms with E-state index in [0.29, 0.717) is 19.0 Å². The second-order valence-electron chi connectivity index (χ2n) is 5.38. The minimum Gasteiger partial charge on any atom is -0.393 e. The average Bonchev–Trinajstić information content (AvgIpc) is 2.38. The highest BCUT2D eigenvalue weighted by Crippen LogP contribution is 2.23. The molecule has 2 N–H and O–H groups in total. The number of amides is 1. The molecule has 2 rings (SSSR count). The number of carbonyl (C=O) groups excluding carboxylic acids is 1. The molecule has 0 aromatic rings. The highest BCUT2D eigenvalue weighted by molar-refractivity contribution is 5.78. The first kappa shape index (κ1) is 13.8. The van der Waals surface area contributed by atoms with Crippen molar-refractivity contribution in [2.45, 2.75) is 31.8 Å². The Hall–Kier alpha value is -0.650. The van der Waals surface area contributed by atoms with E-state index in [0.717, 1.165) is 52.0 Å². The molecule has 1 heterocycles. The van der Waals surface area contributed by atoms with Gasteiger partial charge in [0, 0.05) is 19.6 Å². The standard InChI is InChI=1S/C13H24N2O3/c16-12-3-1-2-11(8-12)9-14-13(17)10-15-4-6-18-7-5-15/h11-12,16H,1-10H2,(H,14,17). The minimum atomic E-state index is -0.167. The fourth-order valence-corrected chi connectivity index (χ4v) is 2.72. The summed E-state index contributed by atoms with van der Waals surface area (Å²) in [5, 5.41) is 12.6. The SMILES string of the molecule is O=C(CN1CCOCC1)NCC1CCCC(O)C1. The highest BCUT2D eigenvalue weighted by atomic mass is 16.5. The molecule has 2 fully saturated rings. The molecule has 2 unspecified atom stereocenters. The normalized spacial score (nSPS) is 30.1. The Morgan fingerprint density at radius 1 is 1.33 bits per heavy atom. The molecule has 0 aromatic carbocycles.